The molecule has 2 aliphatic heterocycles. The van der Waals surface area contributed by atoms with Crippen molar-refractivity contribution >= 4 is 18.3 Å². The summed E-state index contributed by atoms with van der Waals surface area (Å²) in [6.07, 6.45) is 5.19. The van der Waals surface area contributed by atoms with Gasteiger partial charge in [-0.25, -0.2) is 0 Å². The highest BCUT2D eigenvalue weighted by Crippen LogP contribution is 2.21. The molecular formula is C18H28ClN3O. The summed E-state index contributed by atoms with van der Waals surface area (Å²) < 4.78 is 0. The molecule has 0 aliphatic carbocycles. The summed E-state index contributed by atoms with van der Waals surface area (Å²) in [5.74, 6) is 0.815. The van der Waals surface area contributed by atoms with Crippen LogP contribution in [0.3, 0.4) is 0 Å². The minimum absolute atomic E-state index is 0. The van der Waals surface area contributed by atoms with Crippen molar-refractivity contribution < 1.29 is 4.79 Å². The molecule has 4 nitrogen and oxygen atoms in total. The largest absolute Gasteiger partial charge is 0.338 e. The third-order valence-corrected chi connectivity index (χ3v) is 4.97. The molecule has 1 atom stereocenters. The summed E-state index contributed by atoms with van der Waals surface area (Å²) in [6.45, 7) is 5.98. The van der Waals surface area contributed by atoms with Crippen molar-refractivity contribution in [2.24, 2.45) is 11.7 Å². The predicted octanol–water partition coefficient (Wildman–Crippen LogP) is 2.52. The second kappa shape index (κ2) is 8.67. The van der Waals surface area contributed by atoms with Gasteiger partial charge in [0.2, 0.25) is 0 Å². The Morgan fingerprint density at radius 2 is 1.78 bits per heavy atom. The van der Waals surface area contributed by atoms with E-state index in [4.69, 9.17) is 5.73 Å². The van der Waals surface area contributed by atoms with Gasteiger partial charge in [0.15, 0.2) is 0 Å². The highest BCUT2D eigenvalue weighted by molar-refractivity contribution is 5.94. The van der Waals surface area contributed by atoms with Crippen LogP contribution in [0.2, 0.25) is 0 Å². The van der Waals surface area contributed by atoms with Crippen molar-refractivity contribution in [1.29, 1.82) is 0 Å². The van der Waals surface area contributed by atoms with Crippen LogP contribution in [0.1, 0.15) is 41.6 Å². The molecule has 5 heteroatoms. The van der Waals surface area contributed by atoms with Crippen molar-refractivity contribution in [2.45, 2.75) is 32.2 Å². The molecule has 0 spiro atoms. The molecule has 1 aromatic rings. The third kappa shape index (κ3) is 4.69. The van der Waals surface area contributed by atoms with E-state index >= 15 is 0 Å². The quantitative estimate of drug-likeness (QED) is 0.918. The average molecular weight is 338 g/mol. The Labute approximate surface area is 145 Å². The Morgan fingerprint density at radius 1 is 1.09 bits per heavy atom. The number of piperidine rings is 1. The van der Waals surface area contributed by atoms with Gasteiger partial charge >= 0.3 is 0 Å². The molecule has 2 fully saturated rings. The summed E-state index contributed by atoms with van der Waals surface area (Å²) in [5.41, 5.74) is 7.46. The molecule has 1 unspecified atom stereocenters. The lowest BCUT2D eigenvalue weighted by Crippen LogP contribution is -2.36. The Kier molecular flexibility index (Phi) is 6.88. The number of carbonyl (C=O) groups excluding carboxylic acids is 1. The first-order valence-electron chi connectivity index (χ1n) is 8.57. The Balaban J connectivity index is 0.00000192. The van der Waals surface area contributed by atoms with E-state index in [0.29, 0.717) is 12.5 Å². The lowest BCUT2D eigenvalue weighted by molar-refractivity contribution is 0.0782. The molecule has 128 valence electrons. The van der Waals surface area contributed by atoms with Gasteiger partial charge in [0.25, 0.3) is 5.91 Å². The lowest BCUT2D eigenvalue weighted by atomic mass is 10.1. The zero-order valence-corrected chi connectivity index (χ0v) is 14.6. The van der Waals surface area contributed by atoms with Gasteiger partial charge < -0.3 is 15.5 Å². The van der Waals surface area contributed by atoms with E-state index in [1.165, 1.54) is 32.4 Å². The van der Waals surface area contributed by atoms with Crippen LogP contribution in [0, 0.1) is 5.92 Å². The number of nitrogens with zero attached hydrogens (tertiary/aromatic N) is 2. The van der Waals surface area contributed by atoms with E-state index in [2.05, 4.69) is 4.90 Å². The normalized spacial score (nSPS) is 22.0. The summed E-state index contributed by atoms with van der Waals surface area (Å²) in [5, 5.41) is 0. The first-order valence-corrected chi connectivity index (χ1v) is 8.57. The van der Waals surface area contributed by atoms with Crippen LogP contribution < -0.4 is 5.73 Å². The van der Waals surface area contributed by atoms with E-state index in [1.807, 2.05) is 29.2 Å². The van der Waals surface area contributed by atoms with Gasteiger partial charge in [-0.3, -0.25) is 4.79 Å². The number of benzene rings is 1. The van der Waals surface area contributed by atoms with E-state index in [1.54, 1.807) is 0 Å². The van der Waals surface area contributed by atoms with E-state index in [-0.39, 0.29) is 18.3 Å². The number of hydrogen-bond acceptors (Lipinski definition) is 3. The van der Waals surface area contributed by atoms with Gasteiger partial charge in [0.1, 0.15) is 0 Å². The molecule has 2 aliphatic rings. The minimum atomic E-state index is 0. The molecule has 0 radical (unpaired) electrons. The summed E-state index contributed by atoms with van der Waals surface area (Å²) >= 11 is 0. The van der Waals surface area contributed by atoms with Crippen molar-refractivity contribution in [1.82, 2.24) is 9.80 Å². The van der Waals surface area contributed by atoms with Crippen molar-refractivity contribution in [3.05, 3.63) is 35.4 Å². The van der Waals surface area contributed by atoms with Crippen LogP contribution in [-0.4, -0.2) is 48.4 Å². The van der Waals surface area contributed by atoms with Crippen molar-refractivity contribution in [3.8, 4) is 0 Å². The van der Waals surface area contributed by atoms with Crippen LogP contribution in [0.25, 0.3) is 0 Å². The highest BCUT2D eigenvalue weighted by atomic mass is 35.5. The molecule has 1 amide bonds. The van der Waals surface area contributed by atoms with Gasteiger partial charge in [0.05, 0.1) is 0 Å². The van der Waals surface area contributed by atoms with Crippen LogP contribution in [0.15, 0.2) is 24.3 Å². The number of halogens is 1. The number of rotatable bonds is 4. The molecular weight excluding hydrogens is 310 g/mol. The lowest BCUT2D eigenvalue weighted by Gasteiger charge is -2.29. The maximum absolute atomic E-state index is 12.6. The van der Waals surface area contributed by atoms with Gasteiger partial charge in [0, 0.05) is 31.7 Å². The molecule has 2 N–H and O–H groups in total. The first-order chi connectivity index (χ1) is 10.8. The SMILES string of the molecule is Cl.NCc1ccc(C(=O)N2CCC(CN3CCCCC3)C2)cc1. The summed E-state index contributed by atoms with van der Waals surface area (Å²) in [4.78, 5) is 17.2. The zero-order valence-electron chi connectivity index (χ0n) is 13.7. The van der Waals surface area contributed by atoms with Gasteiger partial charge in [-0.1, -0.05) is 18.6 Å². The fraction of sp³-hybridized carbons (Fsp3) is 0.611. The number of amides is 1. The molecule has 0 aromatic heterocycles. The van der Waals surface area contributed by atoms with Crippen LogP contribution in [0.5, 0.6) is 0 Å². The average Bonchev–Trinajstić information content (AvgIpc) is 3.04. The zero-order chi connectivity index (χ0) is 15.4. The van der Waals surface area contributed by atoms with Crippen molar-refractivity contribution in [2.75, 3.05) is 32.7 Å². The molecule has 2 heterocycles. The standard InChI is InChI=1S/C18H27N3O.ClH/c19-12-15-4-6-17(7-5-15)18(22)21-11-8-16(14-21)13-20-9-2-1-3-10-20;/h4-7,16H,1-3,8-14,19H2;1H. The first kappa shape index (κ1) is 18.2. The molecule has 2 saturated heterocycles. The molecule has 1 aromatic carbocycles. The van der Waals surface area contributed by atoms with E-state index < -0.39 is 0 Å². The minimum Gasteiger partial charge on any atom is -0.338 e. The maximum atomic E-state index is 12.6. The number of likely N-dealkylation sites (tertiary alicyclic amines) is 2. The monoisotopic (exact) mass is 337 g/mol. The Bertz CT molecular complexity index is 499. The fourth-order valence-corrected chi connectivity index (χ4v) is 3.64. The molecule has 0 bridgehead atoms. The van der Waals surface area contributed by atoms with E-state index in [0.717, 1.165) is 37.2 Å². The summed E-state index contributed by atoms with van der Waals surface area (Å²) in [7, 11) is 0. The van der Waals surface area contributed by atoms with Gasteiger partial charge in [-0.2, -0.15) is 0 Å². The Morgan fingerprint density at radius 3 is 2.43 bits per heavy atom. The fourth-order valence-electron chi connectivity index (χ4n) is 3.64. The number of hydrogen-bond donors (Lipinski definition) is 1. The third-order valence-electron chi connectivity index (χ3n) is 4.97. The van der Waals surface area contributed by atoms with Crippen molar-refractivity contribution in [3.63, 3.8) is 0 Å². The molecule has 0 saturated carbocycles. The molecule has 3 rings (SSSR count). The predicted molar refractivity (Wildman–Crippen MR) is 95.9 cm³/mol. The number of nitrogens with two attached hydrogens (primary N) is 1. The Hall–Kier alpha value is -1.10. The molecule has 23 heavy (non-hydrogen) atoms. The second-order valence-corrected chi connectivity index (χ2v) is 6.67. The highest BCUT2D eigenvalue weighted by Gasteiger charge is 2.28. The topological polar surface area (TPSA) is 49.6 Å². The second-order valence-electron chi connectivity index (χ2n) is 6.67. The van der Waals surface area contributed by atoms with E-state index in [9.17, 15) is 4.79 Å². The maximum Gasteiger partial charge on any atom is 0.253 e. The van der Waals surface area contributed by atoms with Gasteiger partial charge in [-0.15, -0.1) is 12.4 Å². The van der Waals surface area contributed by atoms with Crippen LogP contribution >= 0.6 is 12.4 Å². The number of carbonyl (C=O) groups is 1. The van der Waals surface area contributed by atoms with Crippen LogP contribution in [0.4, 0.5) is 0 Å². The summed E-state index contributed by atoms with van der Waals surface area (Å²) in [6, 6.07) is 7.72. The smallest absolute Gasteiger partial charge is 0.253 e. The van der Waals surface area contributed by atoms with Gasteiger partial charge in [-0.05, 0) is 56.0 Å². The van der Waals surface area contributed by atoms with Crippen LogP contribution in [-0.2, 0) is 6.54 Å².